The van der Waals surface area contributed by atoms with E-state index in [1.807, 2.05) is 0 Å². The van der Waals surface area contributed by atoms with Gasteiger partial charge in [-0.1, -0.05) is 6.92 Å². The Hall–Kier alpha value is -0.995. The first-order valence-electron chi connectivity index (χ1n) is 9.09. The molecule has 1 aromatic rings. The normalized spacial score (nSPS) is 12.4. The van der Waals surface area contributed by atoms with E-state index < -0.39 is 55.5 Å². The summed E-state index contributed by atoms with van der Waals surface area (Å²) in [6.45, 7) is 0.810. The predicted molar refractivity (Wildman–Crippen MR) is 93.3 cm³/mol. The molecule has 0 saturated heterocycles. The summed E-state index contributed by atoms with van der Waals surface area (Å²) in [5, 5.41) is 0. The van der Waals surface area contributed by atoms with Gasteiger partial charge in [0.05, 0.1) is 13.0 Å². The van der Waals surface area contributed by atoms with E-state index in [9.17, 15) is 49.1 Å². The minimum absolute atomic E-state index is 0. The van der Waals surface area contributed by atoms with Crippen LogP contribution in [0, 0.1) is 5.92 Å². The van der Waals surface area contributed by atoms with Gasteiger partial charge in [0.25, 0.3) is 0 Å². The molecule has 0 aromatic heterocycles. The molecule has 1 rings (SSSR count). The standard InChI is InChI=1S/C19H18F9O5.Rb/c1-3-11(2)15(30)33-13-6-4-12(5-7-13)32-10-14(29)31-9-8-16(20,21)17(22,23)18(24,25)19(26,27)28;/h4-7H,3,8-10H2,1-2H3;/q-1;+1. The van der Waals surface area contributed by atoms with Gasteiger partial charge in [0.15, 0.2) is 12.6 Å². The van der Waals surface area contributed by atoms with Crippen LogP contribution < -0.4 is 67.7 Å². The summed E-state index contributed by atoms with van der Waals surface area (Å²) in [6.07, 6.45) is -8.76. The van der Waals surface area contributed by atoms with Crippen LogP contribution in [-0.2, 0) is 14.3 Å². The topological polar surface area (TPSA) is 61.8 Å². The van der Waals surface area contributed by atoms with Crippen LogP contribution in [0.2, 0.25) is 0 Å². The summed E-state index contributed by atoms with van der Waals surface area (Å²) in [5.41, 5.74) is 0. The van der Waals surface area contributed by atoms with Crippen molar-refractivity contribution in [2.24, 2.45) is 0 Å². The molecule has 0 aliphatic heterocycles. The smallest absolute Gasteiger partial charge is 0.482 e. The molecule has 15 heteroatoms. The largest absolute Gasteiger partial charge is 1.00 e. The van der Waals surface area contributed by atoms with Crippen LogP contribution in [0.5, 0.6) is 11.5 Å². The number of ether oxygens (including phenoxy) is 3. The van der Waals surface area contributed by atoms with Gasteiger partial charge in [-0.2, -0.15) is 52.9 Å². The third-order valence-electron chi connectivity index (χ3n) is 4.16. The SMILES string of the molecule is CC[C-](C)C(=O)Oc1ccc(OCC(=O)OCCC(F)(F)C(F)(F)C(F)(F)C(F)(F)F)cc1.[Rb+]. The average molecular weight is 583 g/mol. The molecule has 0 saturated carbocycles. The molecule has 0 fully saturated rings. The number of halogens is 9. The number of benzene rings is 1. The zero-order chi connectivity index (χ0) is 25.7. The van der Waals surface area contributed by atoms with Gasteiger partial charge in [-0.15, -0.1) is 0 Å². The van der Waals surface area contributed by atoms with Crippen molar-refractivity contribution in [3.8, 4) is 11.5 Å². The number of rotatable bonds is 11. The summed E-state index contributed by atoms with van der Waals surface area (Å²) in [6, 6.07) is 5.10. The van der Waals surface area contributed by atoms with Crippen LogP contribution in [0.25, 0.3) is 0 Å². The Balaban J connectivity index is 0.0000109. The van der Waals surface area contributed by atoms with E-state index in [-0.39, 0.29) is 69.7 Å². The fourth-order valence-corrected chi connectivity index (χ4v) is 1.98. The Morgan fingerprint density at radius 2 is 1.38 bits per heavy atom. The number of alkyl halides is 9. The minimum atomic E-state index is -7.01. The van der Waals surface area contributed by atoms with E-state index in [1.165, 1.54) is 24.3 Å². The molecule has 0 aliphatic rings. The maximum absolute atomic E-state index is 13.3. The first-order chi connectivity index (χ1) is 15.0. The van der Waals surface area contributed by atoms with Crippen LogP contribution in [0.3, 0.4) is 0 Å². The minimum Gasteiger partial charge on any atom is -0.482 e. The first kappa shape index (κ1) is 33.0. The number of carbonyl (C=O) groups excluding carboxylic acids is 2. The zero-order valence-electron chi connectivity index (χ0n) is 18.1. The van der Waals surface area contributed by atoms with Crippen molar-refractivity contribution in [1.29, 1.82) is 0 Å². The quantitative estimate of drug-likeness (QED) is 0.174. The summed E-state index contributed by atoms with van der Waals surface area (Å²) >= 11 is 0. The van der Waals surface area contributed by atoms with Gasteiger partial charge in [-0.3, -0.25) is 10.7 Å². The molecule has 0 heterocycles. The molecule has 0 spiro atoms. The Morgan fingerprint density at radius 3 is 1.85 bits per heavy atom. The second kappa shape index (κ2) is 12.8. The maximum Gasteiger partial charge on any atom is 1.00 e. The molecule has 0 aliphatic carbocycles. The number of carbonyl (C=O) groups is 2. The third kappa shape index (κ3) is 8.30. The number of esters is 2. The van der Waals surface area contributed by atoms with Gasteiger partial charge >= 0.3 is 88.1 Å². The second-order valence-corrected chi connectivity index (χ2v) is 6.60. The molecule has 0 bridgehead atoms. The van der Waals surface area contributed by atoms with Crippen LogP contribution in [0.1, 0.15) is 26.7 Å². The summed E-state index contributed by atoms with van der Waals surface area (Å²) in [7, 11) is 0. The summed E-state index contributed by atoms with van der Waals surface area (Å²) in [5.74, 6) is -21.0. The Labute approximate surface area is 237 Å². The predicted octanol–water partition coefficient (Wildman–Crippen LogP) is 2.38. The molecule has 5 nitrogen and oxygen atoms in total. The van der Waals surface area contributed by atoms with E-state index in [4.69, 9.17) is 9.47 Å². The van der Waals surface area contributed by atoms with E-state index in [2.05, 4.69) is 4.74 Å². The van der Waals surface area contributed by atoms with Gasteiger partial charge in [0.2, 0.25) is 0 Å². The van der Waals surface area contributed by atoms with Crippen molar-refractivity contribution >= 4 is 11.9 Å². The van der Waals surface area contributed by atoms with Gasteiger partial charge in [-0.25, -0.2) is 4.79 Å². The Kier molecular flexibility index (Phi) is 12.4. The molecule has 1 aromatic carbocycles. The van der Waals surface area contributed by atoms with Gasteiger partial charge in [-0.05, 0) is 24.3 Å². The van der Waals surface area contributed by atoms with Crippen molar-refractivity contribution in [2.75, 3.05) is 13.2 Å². The maximum atomic E-state index is 13.3. The van der Waals surface area contributed by atoms with E-state index in [0.29, 0.717) is 12.3 Å². The molecule has 0 unspecified atom stereocenters. The van der Waals surface area contributed by atoms with Gasteiger partial charge < -0.3 is 14.2 Å². The summed E-state index contributed by atoms with van der Waals surface area (Å²) < 4.78 is 129. The van der Waals surface area contributed by atoms with Gasteiger partial charge in [0.1, 0.15) is 11.5 Å². The van der Waals surface area contributed by atoms with Crippen molar-refractivity contribution in [1.82, 2.24) is 0 Å². The number of hydrogen-bond donors (Lipinski definition) is 0. The van der Waals surface area contributed by atoms with Crippen LogP contribution in [0.4, 0.5) is 39.5 Å². The summed E-state index contributed by atoms with van der Waals surface area (Å²) in [4.78, 5) is 23.1. The molecule has 0 N–H and O–H groups in total. The van der Waals surface area contributed by atoms with Crippen LogP contribution in [-0.4, -0.2) is 49.1 Å². The first-order valence-corrected chi connectivity index (χ1v) is 9.09. The number of hydrogen-bond acceptors (Lipinski definition) is 5. The van der Waals surface area contributed by atoms with E-state index >= 15 is 0 Å². The average Bonchev–Trinajstić information content (AvgIpc) is 2.71. The molecule has 0 radical (unpaired) electrons. The van der Waals surface area contributed by atoms with Crippen molar-refractivity contribution in [3.05, 3.63) is 30.2 Å². The second-order valence-electron chi connectivity index (χ2n) is 6.60. The van der Waals surface area contributed by atoms with Crippen molar-refractivity contribution in [3.63, 3.8) is 0 Å². The molecule has 188 valence electrons. The van der Waals surface area contributed by atoms with Crippen molar-refractivity contribution < 1.29 is 122 Å². The fraction of sp³-hybridized carbons (Fsp3) is 0.526. The Bertz CT molecular complexity index is 813. The van der Waals surface area contributed by atoms with Crippen LogP contribution >= 0.6 is 0 Å². The Morgan fingerprint density at radius 1 is 0.882 bits per heavy atom. The third-order valence-corrected chi connectivity index (χ3v) is 4.16. The molecule has 0 amide bonds. The molecular weight excluding hydrogens is 565 g/mol. The molecular formula is C19H18F9O5Rb. The van der Waals surface area contributed by atoms with E-state index in [0.717, 1.165) is 0 Å². The fourth-order valence-electron chi connectivity index (χ4n) is 1.98. The molecule has 0 atom stereocenters. The van der Waals surface area contributed by atoms with E-state index in [1.54, 1.807) is 13.8 Å². The van der Waals surface area contributed by atoms with Crippen molar-refractivity contribution in [2.45, 2.75) is 50.6 Å². The van der Waals surface area contributed by atoms with Crippen LogP contribution in [0.15, 0.2) is 24.3 Å². The zero-order valence-corrected chi connectivity index (χ0v) is 23.0. The monoisotopic (exact) mass is 582 g/mol. The van der Waals surface area contributed by atoms with Gasteiger partial charge in [0, 0.05) is 0 Å². The molecule has 34 heavy (non-hydrogen) atoms.